The lowest BCUT2D eigenvalue weighted by molar-refractivity contribution is -0.870. The van der Waals surface area contributed by atoms with Crippen molar-refractivity contribution < 1.29 is 42.1 Å². The van der Waals surface area contributed by atoms with Gasteiger partial charge >= 0.3 is 11.9 Å². The Kier molecular flexibility index (Phi) is 72.2. The van der Waals surface area contributed by atoms with E-state index in [1.54, 1.807) is 0 Å². The topological polar surface area (TPSA) is 111 Å². The summed E-state index contributed by atoms with van der Waals surface area (Å²) in [5.41, 5.74) is 0. The van der Waals surface area contributed by atoms with E-state index in [1.807, 2.05) is 21.1 Å². The number of carbonyl (C=O) groups excluding carboxylic acids is 2. The summed E-state index contributed by atoms with van der Waals surface area (Å²) in [6.07, 6.45) is 103. The SMILES string of the molecule is CC/C=C\C/C=C\C/C=C\C/C=C\C/C=C\C/C=C\C/C=C\CCCCCCCCCCCCCCCCCCCCCC(=O)OC(COC(=O)CCCCCCCCCCCCCCCCCCCCCCCCCCCCCCC)COP(=O)([O-])OCC[N+](C)(C)C. The predicted octanol–water partition coefficient (Wildman–Crippen LogP) is 26.2. The summed E-state index contributed by atoms with van der Waals surface area (Å²) in [7, 11) is 1.18. The van der Waals surface area contributed by atoms with Gasteiger partial charge in [0, 0.05) is 12.8 Å². The lowest BCUT2D eigenvalue weighted by Gasteiger charge is -2.28. The minimum Gasteiger partial charge on any atom is -0.756 e. The van der Waals surface area contributed by atoms with Gasteiger partial charge in [0.25, 0.3) is 7.82 Å². The van der Waals surface area contributed by atoms with Crippen molar-refractivity contribution in [1.29, 1.82) is 0 Å². The lowest BCUT2D eigenvalue weighted by Crippen LogP contribution is -2.37. The second kappa shape index (κ2) is 74.4. The monoisotopic (exact) mass is 1340 g/mol. The van der Waals surface area contributed by atoms with Gasteiger partial charge in [0.1, 0.15) is 19.8 Å². The molecular weight excluding hydrogens is 1180 g/mol. The van der Waals surface area contributed by atoms with Crippen LogP contribution >= 0.6 is 7.82 Å². The standard InChI is InChI=1S/C84H154NO8P/c1-6-8-10-12-14-16-18-20-22-24-26-28-30-32-34-36-37-38-39-40-41-42-43-44-45-46-47-49-51-53-55-57-59-61-63-65-67-69-71-73-75-77-84(87)93-82(81-92-94(88,89)91-79-78-85(3,4)5)80-90-83(86)76-74-72-70-68-66-64-62-60-58-56-54-52-50-48-35-33-31-29-27-25-23-21-19-17-15-13-11-9-7-2/h8,10,14,16,20,22,26,28,32,34,37-38,40-41,82H,6-7,9,11-13,15,17-19,21,23-25,27,29-31,33,35-36,39,42-81H2,1-5H3/b10-8-,16-14-,22-20-,28-26-,34-32-,38-37-,41-40-. The Morgan fingerprint density at radius 1 is 0.340 bits per heavy atom. The molecule has 0 spiro atoms. The number of carbonyl (C=O) groups is 2. The van der Waals surface area contributed by atoms with Crippen LogP contribution in [-0.2, 0) is 32.7 Å². The Hall–Kier alpha value is -2.81. The van der Waals surface area contributed by atoms with E-state index >= 15 is 0 Å². The third kappa shape index (κ3) is 78.2. The van der Waals surface area contributed by atoms with Crippen LogP contribution in [0.5, 0.6) is 0 Å². The summed E-state index contributed by atoms with van der Waals surface area (Å²) in [6, 6.07) is 0. The number of esters is 2. The van der Waals surface area contributed by atoms with E-state index in [-0.39, 0.29) is 32.0 Å². The van der Waals surface area contributed by atoms with Crippen LogP contribution < -0.4 is 4.89 Å². The highest BCUT2D eigenvalue weighted by atomic mass is 31.2. The molecular formula is C84H154NO8P. The third-order valence-corrected chi connectivity index (χ3v) is 18.9. The summed E-state index contributed by atoms with van der Waals surface area (Å²) in [6.45, 7) is 4.19. The number of quaternary nitrogens is 1. The Labute approximate surface area is 583 Å². The zero-order chi connectivity index (χ0) is 68.3. The number of hydrogen-bond acceptors (Lipinski definition) is 8. The highest BCUT2D eigenvalue weighted by Crippen LogP contribution is 2.38. The molecule has 0 rings (SSSR count). The number of ether oxygens (including phenoxy) is 2. The summed E-state index contributed by atoms with van der Waals surface area (Å²) in [4.78, 5) is 38.2. The van der Waals surface area contributed by atoms with E-state index in [9.17, 15) is 19.0 Å². The Morgan fingerprint density at radius 3 is 0.904 bits per heavy atom. The molecule has 9 nitrogen and oxygen atoms in total. The van der Waals surface area contributed by atoms with Crippen LogP contribution in [-0.4, -0.2) is 70.0 Å². The molecule has 0 saturated carbocycles. The largest absolute Gasteiger partial charge is 0.756 e. The van der Waals surface area contributed by atoms with Crippen LogP contribution in [0.1, 0.15) is 386 Å². The molecule has 0 heterocycles. The fourth-order valence-electron chi connectivity index (χ4n) is 11.8. The molecule has 0 aromatic heterocycles. The zero-order valence-electron chi connectivity index (χ0n) is 62.7. The Bertz CT molecular complexity index is 1860. The van der Waals surface area contributed by atoms with Crippen molar-refractivity contribution >= 4 is 19.8 Å². The Balaban J connectivity index is 3.93. The maximum Gasteiger partial charge on any atom is 0.306 e. The van der Waals surface area contributed by atoms with Gasteiger partial charge in [-0.2, -0.15) is 0 Å². The normalized spacial score (nSPS) is 13.5. The summed E-state index contributed by atoms with van der Waals surface area (Å²) in [5, 5.41) is 0. The van der Waals surface area contributed by atoms with Gasteiger partial charge in [0.15, 0.2) is 6.10 Å². The van der Waals surface area contributed by atoms with Gasteiger partial charge in [-0.3, -0.25) is 14.2 Å². The van der Waals surface area contributed by atoms with E-state index < -0.39 is 26.5 Å². The van der Waals surface area contributed by atoms with Crippen molar-refractivity contribution in [2.75, 3.05) is 47.5 Å². The molecule has 0 aromatic carbocycles. The average Bonchev–Trinajstić information content (AvgIpc) is 1.57. The molecule has 0 amide bonds. The number of likely N-dealkylation sites (N-methyl/N-ethyl adjacent to an activating group) is 1. The van der Waals surface area contributed by atoms with Gasteiger partial charge in [-0.1, -0.05) is 388 Å². The number of nitrogens with zero attached hydrogens (tertiary/aromatic N) is 1. The van der Waals surface area contributed by atoms with E-state index in [0.717, 1.165) is 83.5 Å². The molecule has 0 aromatic rings. The van der Waals surface area contributed by atoms with Gasteiger partial charge in [0.05, 0.1) is 27.7 Å². The maximum absolute atomic E-state index is 12.9. The summed E-state index contributed by atoms with van der Waals surface area (Å²) in [5.74, 6) is -0.812. The van der Waals surface area contributed by atoms with Gasteiger partial charge in [0.2, 0.25) is 0 Å². The molecule has 0 bridgehead atoms. The van der Waals surface area contributed by atoms with Crippen molar-refractivity contribution in [2.45, 2.75) is 392 Å². The van der Waals surface area contributed by atoms with Crippen molar-refractivity contribution in [3.63, 3.8) is 0 Å². The molecule has 0 N–H and O–H groups in total. The highest BCUT2D eigenvalue weighted by molar-refractivity contribution is 7.45. The first-order chi connectivity index (χ1) is 46.0. The third-order valence-electron chi connectivity index (χ3n) is 17.9. The minimum atomic E-state index is -4.64. The molecule has 2 unspecified atom stereocenters. The van der Waals surface area contributed by atoms with Crippen molar-refractivity contribution in [3.8, 4) is 0 Å². The van der Waals surface area contributed by atoms with E-state index in [2.05, 4.69) is 98.9 Å². The first-order valence-corrected chi connectivity index (χ1v) is 41.8. The summed E-state index contributed by atoms with van der Waals surface area (Å²) < 4.78 is 34.4. The summed E-state index contributed by atoms with van der Waals surface area (Å²) >= 11 is 0. The molecule has 10 heteroatoms. The number of allylic oxidation sites excluding steroid dienone is 14. The second-order valence-electron chi connectivity index (χ2n) is 28.4. The number of phosphoric acid groups is 1. The van der Waals surface area contributed by atoms with Gasteiger partial charge in [-0.15, -0.1) is 0 Å². The Morgan fingerprint density at radius 2 is 0.606 bits per heavy atom. The zero-order valence-corrected chi connectivity index (χ0v) is 63.6. The van der Waals surface area contributed by atoms with E-state index in [1.165, 1.54) is 270 Å². The fourth-order valence-corrected chi connectivity index (χ4v) is 12.5. The van der Waals surface area contributed by atoms with Gasteiger partial charge in [-0.05, 0) is 70.6 Å². The predicted molar refractivity (Wildman–Crippen MR) is 406 cm³/mol. The van der Waals surface area contributed by atoms with Crippen molar-refractivity contribution in [3.05, 3.63) is 85.1 Å². The van der Waals surface area contributed by atoms with Crippen molar-refractivity contribution in [2.24, 2.45) is 0 Å². The van der Waals surface area contributed by atoms with Gasteiger partial charge in [-0.25, -0.2) is 0 Å². The molecule has 0 saturated heterocycles. The molecule has 0 aliphatic rings. The van der Waals surface area contributed by atoms with Crippen molar-refractivity contribution in [1.82, 2.24) is 0 Å². The van der Waals surface area contributed by atoms with Crippen LogP contribution in [0.2, 0.25) is 0 Å². The first-order valence-electron chi connectivity index (χ1n) is 40.3. The van der Waals surface area contributed by atoms with E-state index in [4.69, 9.17) is 18.5 Å². The number of phosphoric ester groups is 1. The molecule has 0 fully saturated rings. The smallest absolute Gasteiger partial charge is 0.306 e. The highest BCUT2D eigenvalue weighted by Gasteiger charge is 2.22. The number of unbranched alkanes of at least 4 members (excludes halogenated alkanes) is 47. The van der Waals surface area contributed by atoms with Crippen LogP contribution in [0, 0.1) is 0 Å². The minimum absolute atomic E-state index is 0.0294. The van der Waals surface area contributed by atoms with Crippen LogP contribution in [0.4, 0.5) is 0 Å². The molecule has 2 atom stereocenters. The van der Waals surface area contributed by atoms with Crippen LogP contribution in [0.25, 0.3) is 0 Å². The van der Waals surface area contributed by atoms with Crippen LogP contribution in [0.15, 0.2) is 85.1 Å². The second-order valence-corrected chi connectivity index (χ2v) is 29.8. The molecule has 0 aliphatic carbocycles. The maximum atomic E-state index is 12.9. The molecule has 94 heavy (non-hydrogen) atoms. The van der Waals surface area contributed by atoms with Gasteiger partial charge < -0.3 is 27.9 Å². The lowest BCUT2D eigenvalue weighted by atomic mass is 10.0. The molecule has 0 aliphatic heterocycles. The van der Waals surface area contributed by atoms with E-state index in [0.29, 0.717) is 17.4 Å². The van der Waals surface area contributed by atoms with Crippen LogP contribution in [0.3, 0.4) is 0 Å². The molecule has 548 valence electrons. The first kappa shape index (κ1) is 91.2. The number of hydrogen-bond donors (Lipinski definition) is 0. The number of rotatable bonds is 75. The quantitative estimate of drug-likeness (QED) is 0.0195. The molecule has 0 radical (unpaired) electrons. The average molecular weight is 1340 g/mol. The fraction of sp³-hybridized carbons (Fsp3) is 0.810.